The van der Waals surface area contributed by atoms with Crippen molar-refractivity contribution in [3.05, 3.63) is 52.8 Å². The molecule has 0 aliphatic rings. The third kappa shape index (κ3) is 4.73. The van der Waals surface area contributed by atoms with Crippen molar-refractivity contribution in [2.75, 3.05) is 5.32 Å². The Hall–Kier alpha value is -2.01. The predicted octanol–water partition coefficient (Wildman–Crippen LogP) is 3.44. The topological polar surface area (TPSA) is 91.7 Å². The Morgan fingerprint density at radius 1 is 1.30 bits per heavy atom. The molecule has 3 N–H and O–H groups in total. The molecular weight excluding hydrogens is 315 g/mol. The zero-order valence-corrected chi connectivity index (χ0v) is 14.0. The van der Waals surface area contributed by atoms with Gasteiger partial charge in [0.1, 0.15) is 12.4 Å². The number of aromatic nitrogens is 1. The van der Waals surface area contributed by atoms with Crippen molar-refractivity contribution in [1.29, 1.82) is 0 Å². The molecule has 1 atom stereocenters. The molecule has 0 radical (unpaired) electrons. The minimum Gasteiger partial charge on any atom is -0.506 e. The lowest BCUT2D eigenvalue weighted by Gasteiger charge is -2.13. The van der Waals surface area contributed by atoms with Gasteiger partial charge in [0.15, 0.2) is 0 Å². The monoisotopic (exact) mass is 335 g/mol. The molecule has 7 heteroatoms. The Kier molecular flexibility index (Phi) is 6.04. The number of aromatic hydroxyl groups is 1. The van der Waals surface area contributed by atoms with Gasteiger partial charge in [-0.3, -0.25) is 4.98 Å². The molecule has 0 bridgehead atoms. The molecule has 0 saturated carbocycles. The maximum Gasteiger partial charge on any atom is 0.695 e. The van der Waals surface area contributed by atoms with Crippen molar-refractivity contribution < 1.29 is 19.1 Å². The second kappa shape index (κ2) is 8.02. The van der Waals surface area contributed by atoms with Crippen molar-refractivity contribution >= 4 is 13.9 Å². The highest BCUT2D eigenvalue weighted by atomic mass is 31.1. The van der Waals surface area contributed by atoms with Crippen molar-refractivity contribution in [3.8, 4) is 5.75 Å². The number of nitrogens with one attached hydrogen (secondary N) is 1. The van der Waals surface area contributed by atoms with E-state index < -0.39 is 8.25 Å². The summed E-state index contributed by atoms with van der Waals surface area (Å²) in [5.74, 6) is 0.0666. The highest BCUT2D eigenvalue weighted by Crippen LogP contribution is 2.27. The first-order chi connectivity index (χ1) is 11.0. The van der Waals surface area contributed by atoms with E-state index in [2.05, 4.69) is 17.2 Å². The lowest BCUT2D eigenvalue weighted by Crippen LogP contribution is -2.06. The summed E-state index contributed by atoms with van der Waals surface area (Å²) in [5, 5.41) is 13.4. The third-order valence-corrected chi connectivity index (χ3v) is 3.94. The highest BCUT2D eigenvalue weighted by Gasteiger charge is 2.17. The van der Waals surface area contributed by atoms with Gasteiger partial charge in [-0.05, 0) is 31.0 Å². The quantitative estimate of drug-likeness (QED) is 0.671. The van der Waals surface area contributed by atoms with Gasteiger partial charge >= 0.3 is 8.25 Å². The molecule has 1 unspecified atom stereocenters. The number of benzene rings is 1. The maximum absolute atomic E-state index is 10.7. The lowest BCUT2D eigenvalue weighted by molar-refractivity contribution is 0.270. The molecule has 23 heavy (non-hydrogen) atoms. The van der Waals surface area contributed by atoms with E-state index >= 15 is 0 Å². The summed E-state index contributed by atoms with van der Waals surface area (Å²) in [6, 6.07) is 8.04. The summed E-state index contributed by atoms with van der Waals surface area (Å²) in [6.07, 6.45) is 2.52. The first kappa shape index (κ1) is 17.3. The SMILES string of the molecule is CCc1ccc(NCc2c(CO[P+](=O)O)cnc(C)c2O)cc1. The number of aryl methyl sites for hydroxylation is 2. The van der Waals surface area contributed by atoms with E-state index in [1.807, 2.05) is 24.3 Å². The van der Waals surface area contributed by atoms with Crippen LogP contribution in [-0.4, -0.2) is 15.0 Å². The average molecular weight is 335 g/mol. The fraction of sp³-hybridized carbons (Fsp3) is 0.312. The molecule has 1 aromatic carbocycles. The summed E-state index contributed by atoms with van der Waals surface area (Å²) in [5.41, 5.74) is 3.85. The Bertz CT molecular complexity index is 689. The molecule has 0 fully saturated rings. The minimum absolute atomic E-state index is 0.0666. The molecule has 0 saturated heterocycles. The normalized spacial score (nSPS) is 11.3. The summed E-state index contributed by atoms with van der Waals surface area (Å²) < 4.78 is 15.4. The van der Waals surface area contributed by atoms with Crippen LogP contribution in [0.15, 0.2) is 30.5 Å². The summed E-state index contributed by atoms with van der Waals surface area (Å²) in [6.45, 7) is 4.07. The molecule has 0 amide bonds. The first-order valence-electron chi connectivity index (χ1n) is 7.29. The van der Waals surface area contributed by atoms with E-state index in [-0.39, 0.29) is 12.4 Å². The predicted molar refractivity (Wildman–Crippen MR) is 88.4 cm³/mol. The highest BCUT2D eigenvalue weighted by molar-refractivity contribution is 7.32. The van der Waals surface area contributed by atoms with Crippen LogP contribution in [0.1, 0.15) is 29.3 Å². The standard InChI is InChI=1S/C16H19N2O4P/c1-3-12-4-6-14(7-5-12)18-9-15-13(10-22-23(20)21)8-17-11(2)16(15)19/h4-8,18H,3,9-10H2,1-2H3,(H-,19,20,21)/p+1. The van der Waals surface area contributed by atoms with Crippen molar-refractivity contribution in [2.24, 2.45) is 0 Å². The van der Waals surface area contributed by atoms with Crippen molar-refractivity contribution in [2.45, 2.75) is 33.4 Å². The Balaban J connectivity index is 2.15. The van der Waals surface area contributed by atoms with Gasteiger partial charge in [-0.25, -0.2) is 0 Å². The van der Waals surface area contributed by atoms with E-state index in [9.17, 15) is 9.67 Å². The van der Waals surface area contributed by atoms with Crippen LogP contribution in [-0.2, 0) is 28.7 Å². The van der Waals surface area contributed by atoms with E-state index in [4.69, 9.17) is 9.42 Å². The number of rotatable bonds is 7. The Morgan fingerprint density at radius 2 is 2.00 bits per heavy atom. The molecule has 0 aliphatic heterocycles. The number of hydrogen-bond acceptors (Lipinski definition) is 5. The molecule has 6 nitrogen and oxygen atoms in total. The lowest BCUT2D eigenvalue weighted by atomic mass is 10.1. The second-order valence-electron chi connectivity index (χ2n) is 5.11. The van der Waals surface area contributed by atoms with Crippen molar-refractivity contribution in [3.63, 3.8) is 0 Å². The van der Waals surface area contributed by atoms with Gasteiger partial charge in [0.05, 0.1) is 5.69 Å². The van der Waals surface area contributed by atoms with Gasteiger partial charge in [0.25, 0.3) is 0 Å². The number of hydrogen-bond donors (Lipinski definition) is 3. The van der Waals surface area contributed by atoms with Gasteiger partial charge in [0, 0.05) is 34.1 Å². The number of pyridine rings is 1. The van der Waals surface area contributed by atoms with Gasteiger partial charge < -0.3 is 10.4 Å². The van der Waals surface area contributed by atoms with Crippen LogP contribution in [0.25, 0.3) is 0 Å². The smallest absolute Gasteiger partial charge is 0.506 e. The zero-order chi connectivity index (χ0) is 16.8. The van der Waals surface area contributed by atoms with Gasteiger partial charge in [-0.15, -0.1) is 9.42 Å². The molecule has 1 heterocycles. The van der Waals surface area contributed by atoms with E-state index in [0.717, 1.165) is 12.1 Å². The summed E-state index contributed by atoms with van der Waals surface area (Å²) >= 11 is 0. The molecule has 2 aromatic rings. The molecule has 1 aromatic heterocycles. The minimum atomic E-state index is -2.69. The Labute approximate surface area is 136 Å². The van der Waals surface area contributed by atoms with E-state index in [1.165, 1.54) is 5.56 Å². The maximum atomic E-state index is 10.7. The van der Waals surface area contributed by atoms with Crippen LogP contribution in [0, 0.1) is 6.92 Å². The van der Waals surface area contributed by atoms with Crippen LogP contribution >= 0.6 is 8.25 Å². The zero-order valence-electron chi connectivity index (χ0n) is 13.1. The molecule has 0 spiro atoms. The molecule has 0 aliphatic carbocycles. The van der Waals surface area contributed by atoms with Crippen LogP contribution in [0.5, 0.6) is 5.75 Å². The number of nitrogens with zero attached hydrogens (tertiary/aromatic N) is 1. The largest absolute Gasteiger partial charge is 0.695 e. The second-order valence-corrected chi connectivity index (χ2v) is 5.85. The van der Waals surface area contributed by atoms with Crippen LogP contribution < -0.4 is 5.32 Å². The van der Waals surface area contributed by atoms with Crippen LogP contribution in [0.2, 0.25) is 0 Å². The van der Waals surface area contributed by atoms with Gasteiger partial charge in [-0.2, -0.15) is 0 Å². The van der Waals surface area contributed by atoms with Gasteiger partial charge in [0.2, 0.25) is 0 Å². The Morgan fingerprint density at radius 3 is 2.61 bits per heavy atom. The summed E-state index contributed by atoms with van der Waals surface area (Å²) in [7, 11) is -2.69. The summed E-state index contributed by atoms with van der Waals surface area (Å²) in [4.78, 5) is 12.8. The van der Waals surface area contributed by atoms with Gasteiger partial charge in [-0.1, -0.05) is 19.1 Å². The first-order valence-corrected chi connectivity index (χ1v) is 8.42. The number of anilines is 1. The fourth-order valence-corrected chi connectivity index (χ4v) is 2.43. The van der Waals surface area contributed by atoms with E-state index in [1.54, 1.807) is 13.1 Å². The molecule has 122 valence electrons. The van der Waals surface area contributed by atoms with Crippen molar-refractivity contribution in [1.82, 2.24) is 4.98 Å². The molecule has 2 rings (SSSR count). The fourth-order valence-electron chi connectivity index (χ4n) is 2.18. The van der Waals surface area contributed by atoms with Crippen LogP contribution in [0.4, 0.5) is 5.69 Å². The molecular formula is C16H20N2O4P+. The third-order valence-electron chi connectivity index (χ3n) is 3.59. The average Bonchev–Trinajstić information content (AvgIpc) is 2.55. The van der Waals surface area contributed by atoms with E-state index in [0.29, 0.717) is 23.4 Å². The van der Waals surface area contributed by atoms with Crippen LogP contribution in [0.3, 0.4) is 0 Å².